The highest BCUT2D eigenvalue weighted by Gasteiger charge is 2.23. The number of hydrogen-bond acceptors (Lipinski definition) is 4. The van der Waals surface area contributed by atoms with Crippen LogP contribution in [0.5, 0.6) is 0 Å². The van der Waals surface area contributed by atoms with Crippen LogP contribution in [0.1, 0.15) is 26.2 Å². The van der Waals surface area contributed by atoms with Gasteiger partial charge in [-0.3, -0.25) is 9.58 Å². The molecule has 5 heteroatoms. The Morgan fingerprint density at radius 3 is 3.18 bits per heavy atom. The lowest BCUT2D eigenvalue weighted by atomic mass is 9.96. The lowest BCUT2D eigenvalue weighted by Gasteiger charge is -2.35. The van der Waals surface area contributed by atoms with Crippen molar-refractivity contribution in [3.8, 4) is 6.07 Å². The van der Waals surface area contributed by atoms with E-state index in [-0.39, 0.29) is 0 Å². The van der Waals surface area contributed by atoms with Gasteiger partial charge in [0, 0.05) is 25.3 Å². The van der Waals surface area contributed by atoms with Crippen LogP contribution >= 0.6 is 0 Å². The minimum absolute atomic E-state index is 0.374. The minimum Gasteiger partial charge on any atom is -0.299 e. The highest BCUT2D eigenvalue weighted by Crippen LogP contribution is 2.20. The molecule has 1 aliphatic rings. The highest BCUT2D eigenvalue weighted by atomic mass is 15.4. The Balaban J connectivity index is 1.86. The molecule has 0 amide bonds. The number of rotatable bonds is 4. The summed E-state index contributed by atoms with van der Waals surface area (Å²) in [6, 6.07) is 2.63. The first-order valence-electron chi connectivity index (χ1n) is 6.24. The Labute approximate surface area is 102 Å². The minimum atomic E-state index is 0.374. The SMILES string of the molecule is CC(CC#N)N1CCCC(Cn2ccnn2)C1. The van der Waals surface area contributed by atoms with E-state index >= 15 is 0 Å². The van der Waals surface area contributed by atoms with Crippen molar-refractivity contribution in [3.63, 3.8) is 0 Å². The number of piperidine rings is 1. The summed E-state index contributed by atoms with van der Waals surface area (Å²) in [5, 5.41) is 16.6. The van der Waals surface area contributed by atoms with Crippen LogP contribution in [0.2, 0.25) is 0 Å². The molecule has 1 aromatic heterocycles. The predicted molar refractivity (Wildman–Crippen MR) is 64.0 cm³/mol. The Kier molecular flexibility index (Phi) is 4.10. The van der Waals surface area contributed by atoms with Crippen molar-refractivity contribution in [1.82, 2.24) is 19.9 Å². The van der Waals surface area contributed by atoms with Crippen LogP contribution < -0.4 is 0 Å². The van der Waals surface area contributed by atoms with Crippen LogP contribution in [-0.2, 0) is 6.54 Å². The predicted octanol–water partition coefficient (Wildman–Crippen LogP) is 1.29. The van der Waals surface area contributed by atoms with Gasteiger partial charge in [-0.2, -0.15) is 5.26 Å². The molecule has 2 rings (SSSR count). The maximum absolute atomic E-state index is 8.74. The van der Waals surface area contributed by atoms with Crippen molar-refractivity contribution >= 4 is 0 Å². The zero-order valence-electron chi connectivity index (χ0n) is 10.3. The van der Waals surface area contributed by atoms with E-state index in [0.29, 0.717) is 18.4 Å². The second-order valence-electron chi connectivity index (χ2n) is 4.84. The summed E-state index contributed by atoms with van der Waals surface area (Å²) in [4.78, 5) is 2.42. The van der Waals surface area contributed by atoms with Gasteiger partial charge in [0.25, 0.3) is 0 Å². The molecular weight excluding hydrogens is 214 g/mol. The molecule has 5 nitrogen and oxygen atoms in total. The molecule has 0 aromatic carbocycles. The molecule has 1 aromatic rings. The van der Waals surface area contributed by atoms with Gasteiger partial charge in [0.2, 0.25) is 0 Å². The van der Waals surface area contributed by atoms with E-state index in [1.165, 1.54) is 12.8 Å². The normalized spacial score (nSPS) is 23.2. The first-order chi connectivity index (χ1) is 8.29. The van der Waals surface area contributed by atoms with Gasteiger partial charge in [0.1, 0.15) is 0 Å². The van der Waals surface area contributed by atoms with Crippen molar-refractivity contribution in [2.75, 3.05) is 13.1 Å². The van der Waals surface area contributed by atoms with Crippen LogP contribution in [0.3, 0.4) is 0 Å². The van der Waals surface area contributed by atoms with Gasteiger partial charge in [0.15, 0.2) is 0 Å². The molecule has 0 radical (unpaired) electrons. The van der Waals surface area contributed by atoms with Gasteiger partial charge in [-0.1, -0.05) is 5.21 Å². The number of likely N-dealkylation sites (tertiary alicyclic amines) is 1. The zero-order chi connectivity index (χ0) is 12.1. The van der Waals surface area contributed by atoms with Gasteiger partial charge >= 0.3 is 0 Å². The molecular formula is C12H19N5. The summed E-state index contributed by atoms with van der Waals surface area (Å²) < 4.78 is 1.91. The molecule has 0 aliphatic carbocycles. The number of nitrogens with zero attached hydrogens (tertiary/aromatic N) is 5. The summed E-state index contributed by atoms with van der Waals surface area (Å²) in [5.41, 5.74) is 0. The van der Waals surface area contributed by atoms with Crippen molar-refractivity contribution in [2.45, 2.75) is 38.8 Å². The molecule has 0 saturated carbocycles. The largest absolute Gasteiger partial charge is 0.299 e. The van der Waals surface area contributed by atoms with Crippen molar-refractivity contribution < 1.29 is 0 Å². The van der Waals surface area contributed by atoms with Crippen molar-refractivity contribution in [3.05, 3.63) is 12.4 Å². The summed E-state index contributed by atoms with van der Waals surface area (Å²) in [5.74, 6) is 0.631. The molecule has 1 fully saturated rings. The lowest BCUT2D eigenvalue weighted by molar-refractivity contribution is 0.122. The van der Waals surface area contributed by atoms with Gasteiger partial charge < -0.3 is 0 Å². The summed E-state index contributed by atoms with van der Waals surface area (Å²) >= 11 is 0. The molecule has 1 aliphatic heterocycles. The van der Waals surface area contributed by atoms with Crippen LogP contribution in [0, 0.1) is 17.2 Å². The number of aromatic nitrogens is 3. The van der Waals surface area contributed by atoms with E-state index in [1.54, 1.807) is 6.20 Å². The van der Waals surface area contributed by atoms with E-state index in [4.69, 9.17) is 5.26 Å². The number of hydrogen-bond donors (Lipinski definition) is 0. The lowest BCUT2D eigenvalue weighted by Crippen LogP contribution is -2.42. The van der Waals surface area contributed by atoms with E-state index in [2.05, 4.69) is 28.2 Å². The summed E-state index contributed by atoms with van der Waals surface area (Å²) in [7, 11) is 0. The molecule has 0 spiro atoms. The Morgan fingerprint density at radius 2 is 2.47 bits per heavy atom. The second-order valence-corrected chi connectivity index (χ2v) is 4.84. The molecule has 0 N–H and O–H groups in total. The fourth-order valence-electron chi connectivity index (χ4n) is 2.50. The van der Waals surface area contributed by atoms with Gasteiger partial charge in [-0.15, -0.1) is 5.10 Å². The standard InChI is InChI=1S/C12H19N5/c1-11(4-5-13)16-7-2-3-12(9-16)10-17-8-6-14-15-17/h6,8,11-12H,2-4,7,9-10H2,1H3. The van der Waals surface area contributed by atoms with Crippen LogP contribution in [0.4, 0.5) is 0 Å². The molecule has 0 bridgehead atoms. The average molecular weight is 233 g/mol. The topological polar surface area (TPSA) is 57.7 Å². The first kappa shape index (κ1) is 12.1. The van der Waals surface area contributed by atoms with Crippen LogP contribution in [-0.4, -0.2) is 39.0 Å². The van der Waals surface area contributed by atoms with Gasteiger partial charge in [0.05, 0.1) is 18.7 Å². The van der Waals surface area contributed by atoms with E-state index in [1.807, 2.05) is 10.9 Å². The smallest absolute Gasteiger partial charge is 0.0692 e. The maximum atomic E-state index is 8.74. The van der Waals surface area contributed by atoms with Crippen molar-refractivity contribution in [1.29, 1.82) is 5.26 Å². The van der Waals surface area contributed by atoms with Gasteiger partial charge in [-0.25, -0.2) is 0 Å². The van der Waals surface area contributed by atoms with Crippen molar-refractivity contribution in [2.24, 2.45) is 5.92 Å². The molecule has 92 valence electrons. The maximum Gasteiger partial charge on any atom is 0.0692 e. The third kappa shape index (κ3) is 3.27. The van der Waals surface area contributed by atoms with Crippen LogP contribution in [0.25, 0.3) is 0 Å². The fraction of sp³-hybridized carbons (Fsp3) is 0.750. The Bertz CT molecular complexity index is 367. The third-order valence-corrected chi connectivity index (χ3v) is 3.48. The molecule has 1 saturated heterocycles. The third-order valence-electron chi connectivity index (χ3n) is 3.48. The Hall–Kier alpha value is -1.41. The van der Waals surface area contributed by atoms with E-state index < -0.39 is 0 Å². The summed E-state index contributed by atoms with van der Waals surface area (Å²) in [6.07, 6.45) is 6.72. The monoisotopic (exact) mass is 233 g/mol. The van der Waals surface area contributed by atoms with E-state index in [0.717, 1.165) is 19.6 Å². The quantitative estimate of drug-likeness (QED) is 0.786. The Morgan fingerprint density at radius 1 is 1.59 bits per heavy atom. The van der Waals surface area contributed by atoms with Gasteiger partial charge in [-0.05, 0) is 32.2 Å². The van der Waals surface area contributed by atoms with Crippen LogP contribution in [0.15, 0.2) is 12.4 Å². The molecule has 2 unspecified atom stereocenters. The first-order valence-corrected chi connectivity index (χ1v) is 6.24. The molecule has 2 atom stereocenters. The molecule has 2 heterocycles. The zero-order valence-corrected chi connectivity index (χ0v) is 10.3. The highest BCUT2D eigenvalue weighted by molar-refractivity contribution is 4.83. The second kappa shape index (κ2) is 5.78. The summed E-state index contributed by atoms with van der Waals surface area (Å²) in [6.45, 7) is 5.27. The number of nitriles is 1. The van der Waals surface area contributed by atoms with E-state index in [9.17, 15) is 0 Å². The average Bonchev–Trinajstić information content (AvgIpc) is 2.82. The fourth-order valence-corrected chi connectivity index (χ4v) is 2.50. The molecule has 17 heavy (non-hydrogen) atoms.